The third kappa shape index (κ3) is 3.46. The number of halogens is 1. The monoisotopic (exact) mass is 316 g/mol. The van der Waals surface area contributed by atoms with Gasteiger partial charge in [0.1, 0.15) is 10.9 Å². The standard InChI is InChI=1S/C16H17ClN4O/c1-4-13-12(15(17)21-16(18)20-13)8-11-7-10(9-19-2)5-6-14(11)22-3/h5-7H,4,8-9H2,1,3H3,(H2,18,20,21). The number of hydrogen-bond donors (Lipinski definition) is 1. The molecule has 1 heterocycles. The Morgan fingerprint density at radius 1 is 1.36 bits per heavy atom. The summed E-state index contributed by atoms with van der Waals surface area (Å²) in [4.78, 5) is 11.7. The SMILES string of the molecule is [C-]#[N+]Cc1ccc(OC)c(Cc2c(Cl)nc(N)nc2CC)c1. The van der Waals surface area contributed by atoms with Crippen molar-refractivity contribution < 1.29 is 4.74 Å². The molecule has 0 aliphatic carbocycles. The molecule has 0 aliphatic rings. The van der Waals surface area contributed by atoms with E-state index in [1.807, 2.05) is 25.1 Å². The summed E-state index contributed by atoms with van der Waals surface area (Å²) in [5.41, 5.74) is 9.22. The van der Waals surface area contributed by atoms with Gasteiger partial charge in [-0.2, -0.15) is 0 Å². The van der Waals surface area contributed by atoms with Gasteiger partial charge in [0.15, 0.2) is 0 Å². The largest absolute Gasteiger partial charge is 0.496 e. The summed E-state index contributed by atoms with van der Waals surface area (Å²) in [6, 6.07) is 5.72. The summed E-state index contributed by atoms with van der Waals surface area (Å²) in [6.45, 7) is 9.32. The average Bonchev–Trinajstić information content (AvgIpc) is 2.50. The lowest BCUT2D eigenvalue weighted by atomic mass is 10.0. The first-order valence-corrected chi connectivity index (χ1v) is 7.26. The molecule has 0 saturated carbocycles. The van der Waals surface area contributed by atoms with Crippen LogP contribution in [0.2, 0.25) is 5.15 Å². The maximum Gasteiger partial charge on any atom is 0.239 e. The molecule has 2 aromatic rings. The summed E-state index contributed by atoms with van der Waals surface area (Å²) < 4.78 is 5.40. The minimum absolute atomic E-state index is 0.180. The maximum atomic E-state index is 6.99. The van der Waals surface area contributed by atoms with E-state index in [4.69, 9.17) is 28.6 Å². The topological polar surface area (TPSA) is 65.4 Å². The molecule has 0 radical (unpaired) electrons. The molecule has 0 saturated heterocycles. The number of nitrogen functional groups attached to an aromatic ring is 1. The highest BCUT2D eigenvalue weighted by Crippen LogP contribution is 2.28. The number of nitrogens with zero attached hydrogens (tertiary/aromatic N) is 3. The van der Waals surface area contributed by atoms with Gasteiger partial charge >= 0.3 is 0 Å². The Hall–Kier alpha value is -2.32. The molecule has 22 heavy (non-hydrogen) atoms. The summed E-state index contributed by atoms with van der Waals surface area (Å²) in [6.07, 6.45) is 1.25. The summed E-state index contributed by atoms with van der Waals surface area (Å²) >= 11 is 6.24. The second-order valence-electron chi connectivity index (χ2n) is 4.79. The van der Waals surface area contributed by atoms with Crippen LogP contribution in [0, 0.1) is 6.57 Å². The fourth-order valence-electron chi connectivity index (χ4n) is 2.34. The number of benzene rings is 1. The number of hydrogen-bond acceptors (Lipinski definition) is 4. The first-order valence-electron chi connectivity index (χ1n) is 6.88. The maximum absolute atomic E-state index is 6.99. The number of anilines is 1. The molecule has 0 unspecified atom stereocenters. The fourth-order valence-corrected chi connectivity index (χ4v) is 2.60. The van der Waals surface area contributed by atoms with Crippen molar-refractivity contribution in [2.45, 2.75) is 26.3 Å². The highest BCUT2D eigenvalue weighted by molar-refractivity contribution is 6.30. The second kappa shape index (κ2) is 7.10. The van der Waals surface area contributed by atoms with E-state index in [2.05, 4.69) is 14.8 Å². The smallest absolute Gasteiger partial charge is 0.239 e. The Morgan fingerprint density at radius 3 is 2.77 bits per heavy atom. The van der Waals surface area contributed by atoms with Gasteiger partial charge in [-0.15, -0.1) is 0 Å². The molecular formula is C16H17ClN4O. The predicted molar refractivity (Wildman–Crippen MR) is 86.9 cm³/mol. The van der Waals surface area contributed by atoms with Crippen molar-refractivity contribution in [1.29, 1.82) is 0 Å². The molecule has 0 spiro atoms. The van der Waals surface area contributed by atoms with Crippen LogP contribution in [-0.2, 0) is 19.4 Å². The number of nitrogens with two attached hydrogens (primary N) is 1. The van der Waals surface area contributed by atoms with Crippen LogP contribution in [0.25, 0.3) is 4.85 Å². The van der Waals surface area contributed by atoms with E-state index in [1.165, 1.54) is 0 Å². The van der Waals surface area contributed by atoms with Gasteiger partial charge in [0, 0.05) is 17.5 Å². The molecule has 0 bridgehead atoms. The van der Waals surface area contributed by atoms with Crippen LogP contribution in [0.3, 0.4) is 0 Å². The molecule has 6 heteroatoms. The normalized spacial score (nSPS) is 10.3. The van der Waals surface area contributed by atoms with Gasteiger partial charge in [-0.25, -0.2) is 16.5 Å². The first kappa shape index (κ1) is 16.1. The van der Waals surface area contributed by atoms with Crippen LogP contribution in [0.5, 0.6) is 5.75 Å². The third-order valence-electron chi connectivity index (χ3n) is 3.37. The Morgan fingerprint density at radius 2 is 2.14 bits per heavy atom. The number of aromatic nitrogens is 2. The predicted octanol–water partition coefficient (Wildman–Crippen LogP) is 3.29. The number of methoxy groups -OCH3 is 1. The summed E-state index contributed by atoms with van der Waals surface area (Å²) in [7, 11) is 1.62. The molecule has 0 atom stereocenters. The highest BCUT2D eigenvalue weighted by atomic mass is 35.5. The summed E-state index contributed by atoms with van der Waals surface area (Å²) in [5.74, 6) is 0.933. The van der Waals surface area contributed by atoms with Crippen LogP contribution in [0.4, 0.5) is 5.95 Å². The zero-order chi connectivity index (χ0) is 16.1. The van der Waals surface area contributed by atoms with Gasteiger partial charge in [-0.05, 0) is 30.2 Å². The molecule has 0 amide bonds. The van der Waals surface area contributed by atoms with Gasteiger partial charge in [0.05, 0.1) is 12.8 Å². The molecule has 1 aromatic heterocycles. The van der Waals surface area contributed by atoms with Crippen molar-refractivity contribution in [3.8, 4) is 5.75 Å². The zero-order valence-electron chi connectivity index (χ0n) is 12.6. The van der Waals surface area contributed by atoms with E-state index in [0.29, 0.717) is 24.5 Å². The molecule has 2 N–H and O–H groups in total. The van der Waals surface area contributed by atoms with E-state index in [9.17, 15) is 0 Å². The van der Waals surface area contributed by atoms with Crippen molar-refractivity contribution in [3.63, 3.8) is 0 Å². The third-order valence-corrected chi connectivity index (χ3v) is 3.68. The van der Waals surface area contributed by atoms with Crippen molar-refractivity contribution in [2.24, 2.45) is 0 Å². The van der Waals surface area contributed by atoms with E-state index < -0.39 is 0 Å². The van der Waals surface area contributed by atoms with E-state index >= 15 is 0 Å². The van der Waals surface area contributed by atoms with Gasteiger partial charge in [-0.3, -0.25) is 0 Å². The van der Waals surface area contributed by atoms with Gasteiger partial charge in [0.2, 0.25) is 12.5 Å². The molecule has 114 valence electrons. The van der Waals surface area contributed by atoms with Crippen molar-refractivity contribution in [2.75, 3.05) is 12.8 Å². The van der Waals surface area contributed by atoms with Crippen LogP contribution in [0.15, 0.2) is 18.2 Å². The van der Waals surface area contributed by atoms with Crippen molar-refractivity contribution in [3.05, 3.63) is 57.2 Å². The summed E-state index contributed by atoms with van der Waals surface area (Å²) in [5, 5.41) is 0.363. The number of aryl methyl sites for hydroxylation is 1. The highest BCUT2D eigenvalue weighted by Gasteiger charge is 2.15. The van der Waals surface area contributed by atoms with Crippen LogP contribution in [-0.4, -0.2) is 17.1 Å². The van der Waals surface area contributed by atoms with E-state index in [0.717, 1.165) is 28.1 Å². The van der Waals surface area contributed by atoms with Crippen molar-refractivity contribution >= 4 is 17.5 Å². The van der Waals surface area contributed by atoms with E-state index in [-0.39, 0.29) is 5.95 Å². The minimum atomic E-state index is 0.180. The molecular weight excluding hydrogens is 300 g/mol. The second-order valence-corrected chi connectivity index (χ2v) is 5.15. The Bertz CT molecular complexity index is 725. The van der Waals surface area contributed by atoms with Gasteiger partial charge < -0.3 is 15.3 Å². The Kier molecular flexibility index (Phi) is 5.18. The molecule has 0 fully saturated rings. The van der Waals surface area contributed by atoms with Gasteiger partial charge in [-0.1, -0.05) is 18.5 Å². The molecule has 5 nitrogen and oxygen atoms in total. The van der Waals surface area contributed by atoms with Crippen LogP contribution in [0.1, 0.15) is 29.3 Å². The lowest BCUT2D eigenvalue weighted by Crippen LogP contribution is -2.06. The molecule has 0 aliphatic heterocycles. The van der Waals surface area contributed by atoms with Crippen molar-refractivity contribution in [1.82, 2.24) is 9.97 Å². The first-order chi connectivity index (χ1) is 10.6. The van der Waals surface area contributed by atoms with E-state index in [1.54, 1.807) is 7.11 Å². The van der Waals surface area contributed by atoms with Gasteiger partial charge in [0.25, 0.3) is 0 Å². The zero-order valence-corrected chi connectivity index (χ0v) is 13.3. The Balaban J connectivity index is 2.46. The Labute approximate surface area is 134 Å². The quantitative estimate of drug-likeness (QED) is 0.679. The molecule has 1 aromatic carbocycles. The van der Waals surface area contributed by atoms with Crippen LogP contribution >= 0.6 is 11.6 Å². The number of ether oxygens (including phenoxy) is 1. The average molecular weight is 317 g/mol. The van der Waals surface area contributed by atoms with Crippen LogP contribution < -0.4 is 10.5 Å². The lowest BCUT2D eigenvalue weighted by molar-refractivity contribution is 0.410. The fraction of sp³-hybridized carbons (Fsp3) is 0.312. The number of rotatable bonds is 5. The minimum Gasteiger partial charge on any atom is -0.496 e. The lowest BCUT2D eigenvalue weighted by Gasteiger charge is -2.13. The molecule has 2 rings (SSSR count).